The van der Waals surface area contributed by atoms with Crippen LogP contribution >= 0.6 is 0 Å². The molecular weight excluding hydrogens is 316 g/mol. The van der Waals surface area contributed by atoms with Gasteiger partial charge in [-0.25, -0.2) is 4.79 Å². The normalized spacial score (nSPS) is 12.8. The zero-order valence-corrected chi connectivity index (χ0v) is 15.7. The highest BCUT2D eigenvalue weighted by atomic mass is 16.4. The molecule has 1 aromatic heterocycles. The molecule has 0 saturated carbocycles. The quantitative estimate of drug-likeness (QED) is 0.867. The summed E-state index contributed by atoms with van der Waals surface area (Å²) in [5.74, 6) is 0.592. The summed E-state index contributed by atoms with van der Waals surface area (Å²) >= 11 is 0. The van der Waals surface area contributed by atoms with Gasteiger partial charge in [0.05, 0.1) is 11.7 Å². The van der Waals surface area contributed by atoms with Crippen molar-refractivity contribution in [3.8, 4) is 0 Å². The van der Waals surface area contributed by atoms with Crippen LogP contribution in [0.2, 0.25) is 0 Å². The third-order valence-electron chi connectivity index (χ3n) is 4.41. The number of aromatic nitrogens is 2. The second kappa shape index (κ2) is 7.17. The molecule has 2 aromatic rings. The number of hydrogen-bond donors (Lipinski definition) is 2. The Labute approximate surface area is 149 Å². The van der Waals surface area contributed by atoms with Crippen LogP contribution in [0.25, 0.3) is 0 Å². The summed E-state index contributed by atoms with van der Waals surface area (Å²) in [5, 5.41) is 14.5. The SMILES string of the molecule is CCc1c(C(Cc2ccccc2)N(C(=O)O)C(C)(C)C)nn(C)c1N. The van der Waals surface area contributed by atoms with Gasteiger partial charge in [0.15, 0.2) is 0 Å². The predicted molar refractivity (Wildman–Crippen MR) is 99.5 cm³/mol. The summed E-state index contributed by atoms with van der Waals surface area (Å²) in [5.41, 5.74) is 8.32. The maximum Gasteiger partial charge on any atom is 0.408 e. The molecule has 1 aromatic carbocycles. The summed E-state index contributed by atoms with van der Waals surface area (Å²) < 4.78 is 1.63. The molecule has 6 nitrogen and oxygen atoms in total. The van der Waals surface area contributed by atoms with Crippen LogP contribution in [-0.2, 0) is 19.9 Å². The first kappa shape index (κ1) is 18.8. The molecular formula is C19H28N4O2. The third-order valence-corrected chi connectivity index (χ3v) is 4.41. The molecule has 1 atom stereocenters. The number of benzene rings is 1. The average molecular weight is 344 g/mol. The summed E-state index contributed by atoms with van der Waals surface area (Å²) in [6.45, 7) is 7.71. The zero-order valence-electron chi connectivity index (χ0n) is 15.7. The Morgan fingerprint density at radius 3 is 2.40 bits per heavy atom. The molecule has 1 unspecified atom stereocenters. The maximum atomic E-state index is 12.1. The first-order chi connectivity index (χ1) is 11.7. The van der Waals surface area contributed by atoms with Crippen molar-refractivity contribution in [3.05, 3.63) is 47.2 Å². The largest absolute Gasteiger partial charge is 0.465 e. The van der Waals surface area contributed by atoms with Gasteiger partial charge in [-0.2, -0.15) is 5.10 Å². The van der Waals surface area contributed by atoms with Crippen LogP contribution in [-0.4, -0.2) is 31.4 Å². The second-order valence-corrected chi connectivity index (χ2v) is 7.26. The van der Waals surface area contributed by atoms with Crippen molar-refractivity contribution >= 4 is 11.9 Å². The summed E-state index contributed by atoms with van der Waals surface area (Å²) in [4.78, 5) is 13.6. The number of nitrogens with two attached hydrogens (primary N) is 1. The molecule has 0 aliphatic rings. The summed E-state index contributed by atoms with van der Waals surface area (Å²) in [6, 6.07) is 9.48. The van der Waals surface area contributed by atoms with E-state index in [4.69, 9.17) is 5.73 Å². The molecule has 0 bridgehead atoms. The number of amides is 1. The lowest BCUT2D eigenvalue weighted by Gasteiger charge is -2.39. The van der Waals surface area contributed by atoms with Crippen LogP contribution < -0.4 is 5.73 Å². The lowest BCUT2D eigenvalue weighted by atomic mass is 9.94. The fraction of sp³-hybridized carbons (Fsp3) is 0.474. The van der Waals surface area contributed by atoms with E-state index in [-0.39, 0.29) is 0 Å². The van der Waals surface area contributed by atoms with E-state index in [9.17, 15) is 9.90 Å². The monoisotopic (exact) mass is 344 g/mol. The Hall–Kier alpha value is -2.50. The van der Waals surface area contributed by atoms with Crippen molar-refractivity contribution in [3.63, 3.8) is 0 Å². The summed E-state index contributed by atoms with van der Waals surface area (Å²) in [6.07, 6.45) is 0.297. The van der Waals surface area contributed by atoms with Crippen molar-refractivity contribution in [2.45, 2.75) is 52.1 Å². The van der Waals surface area contributed by atoms with Gasteiger partial charge in [0.1, 0.15) is 5.82 Å². The van der Waals surface area contributed by atoms with E-state index in [0.717, 1.165) is 16.8 Å². The number of aryl methyl sites for hydroxylation is 1. The van der Waals surface area contributed by atoms with Crippen molar-refractivity contribution in [1.82, 2.24) is 14.7 Å². The predicted octanol–water partition coefficient (Wildman–Crippen LogP) is 3.63. The van der Waals surface area contributed by atoms with Crippen molar-refractivity contribution < 1.29 is 9.90 Å². The Balaban J connectivity index is 2.60. The number of rotatable bonds is 5. The third kappa shape index (κ3) is 3.95. The Morgan fingerprint density at radius 2 is 1.92 bits per heavy atom. The molecule has 0 aliphatic carbocycles. The van der Waals surface area contributed by atoms with E-state index >= 15 is 0 Å². The van der Waals surface area contributed by atoms with Gasteiger partial charge in [-0.15, -0.1) is 0 Å². The van der Waals surface area contributed by atoms with E-state index in [1.807, 2.05) is 58.0 Å². The molecule has 0 aliphatic heterocycles. The first-order valence-corrected chi connectivity index (χ1v) is 8.54. The highest BCUT2D eigenvalue weighted by Gasteiger charge is 2.37. The van der Waals surface area contributed by atoms with E-state index in [1.54, 1.807) is 11.7 Å². The van der Waals surface area contributed by atoms with Crippen LogP contribution in [0.4, 0.5) is 10.6 Å². The van der Waals surface area contributed by atoms with Crippen LogP contribution in [0.1, 0.15) is 50.6 Å². The first-order valence-electron chi connectivity index (χ1n) is 8.54. The van der Waals surface area contributed by atoms with Crippen molar-refractivity contribution in [2.75, 3.05) is 5.73 Å². The van der Waals surface area contributed by atoms with E-state index in [0.29, 0.717) is 18.7 Å². The van der Waals surface area contributed by atoms with Gasteiger partial charge in [-0.1, -0.05) is 37.3 Å². The van der Waals surface area contributed by atoms with Crippen LogP contribution in [0.3, 0.4) is 0 Å². The Morgan fingerprint density at radius 1 is 1.32 bits per heavy atom. The topological polar surface area (TPSA) is 84.4 Å². The van der Waals surface area contributed by atoms with Gasteiger partial charge in [0.25, 0.3) is 0 Å². The lowest BCUT2D eigenvalue weighted by Crippen LogP contribution is -2.48. The van der Waals surface area contributed by atoms with Crippen LogP contribution in [0.5, 0.6) is 0 Å². The number of carbonyl (C=O) groups is 1. The Bertz CT molecular complexity index is 732. The van der Waals surface area contributed by atoms with Gasteiger partial charge >= 0.3 is 6.09 Å². The van der Waals surface area contributed by atoms with Gasteiger partial charge in [0, 0.05) is 18.2 Å². The second-order valence-electron chi connectivity index (χ2n) is 7.26. The molecule has 1 amide bonds. The molecule has 2 rings (SSSR count). The standard InChI is InChI=1S/C19H28N4O2/c1-6-14-16(21-22(5)17(14)20)15(12-13-10-8-7-9-11-13)23(18(24)25)19(2,3)4/h7-11,15H,6,12,20H2,1-5H3,(H,24,25). The molecule has 0 radical (unpaired) electrons. The molecule has 1 heterocycles. The van der Waals surface area contributed by atoms with Gasteiger partial charge in [0.2, 0.25) is 0 Å². The summed E-state index contributed by atoms with van der Waals surface area (Å²) in [7, 11) is 1.79. The smallest absolute Gasteiger partial charge is 0.408 e. The molecule has 0 fully saturated rings. The molecule has 0 saturated heterocycles. The minimum Gasteiger partial charge on any atom is -0.465 e. The fourth-order valence-corrected chi connectivity index (χ4v) is 3.27. The van der Waals surface area contributed by atoms with E-state index < -0.39 is 17.7 Å². The molecule has 3 N–H and O–H groups in total. The minimum absolute atomic E-state index is 0.404. The fourth-order valence-electron chi connectivity index (χ4n) is 3.27. The number of nitrogen functional groups attached to an aromatic ring is 1. The Kier molecular flexibility index (Phi) is 5.40. The minimum atomic E-state index is -0.959. The zero-order chi connectivity index (χ0) is 18.8. The molecule has 6 heteroatoms. The van der Waals surface area contributed by atoms with Gasteiger partial charge < -0.3 is 10.8 Å². The number of anilines is 1. The number of carboxylic acid groups (broad SMARTS) is 1. The van der Waals surface area contributed by atoms with E-state index in [2.05, 4.69) is 5.10 Å². The van der Waals surface area contributed by atoms with Crippen molar-refractivity contribution in [1.29, 1.82) is 0 Å². The van der Waals surface area contributed by atoms with Crippen molar-refractivity contribution in [2.24, 2.45) is 7.05 Å². The number of nitrogens with zero attached hydrogens (tertiary/aromatic N) is 3. The number of hydrogen-bond acceptors (Lipinski definition) is 3. The lowest BCUT2D eigenvalue weighted by molar-refractivity contribution is 0.0678. The average Bonchev–Trinajstić information content (AvgIpc) is 2.81. The van der Waals surface area contributed by atoms with Crippen LogP contribution in [0.15, 0.2) is 30.3 Å². The highest BCUT2D eigenvalue weighted by Crippen LogP contribution is 2.34. The maximum absolute atomic E-state index is 12.1. The molecule has 136 valence electrons. The highest BCUT2D eigenvalue weighted by molar-refractivity contribution is 5.67. The van der Waals surface area contributed by atoms with E-state index in [1.165, 1.54) is 4.90 Å². The molecule has 0 spiro atoms. The molecule has 25 heavy (non-hydrogen) atoms. The van der Waals surface area contributed by atoms with Gasteiger partial charge in [-0.05, 0) is 39.2 Å². The van der Waals surface area contributed by atoms with Gasteiger partial charge in [-0.3, -0.25) is 9.58 Å². The van der Waals surface area contributed by atoms with Crippen LogP contribution in [0, 0.1) is 0 Å².